The molecule has 1 atom stereocenters. The van der Waals surface area contributed by atoms with Crippen molar-refractivity contribution in [3.63, 3.8) is 0 Å². The quantitative estimate of drug-likeness (QED) is 0.786. The molecule has 2 saturated heterocycles. The van der Waals surface area contributed by atoms with Gasteiger partial charge in [-0.1, -0.05) is 19.1 Å². The van der Waals surface area contributed by atoms with Gasteiger partial charge >= 0.3 is 0 Å². The lowest BCUT2D eigenvalue weighted by Crippen LogP contribution is -2.59. The molecule has 0 saturated carbocycles. The topological polar surface area (TPSA) is 91.0 Å². The molecule has 0 radical (unpaired) electrons. The number of carbonyl (C=O) groups excluding carboxylic acids is 3. The molecule has 162 valence electrons. The molecule has 1 aromatic rings. The van der Waals surface area contributed by atoms with Gasteiger partial charge in [0.25, 0.3) is 0 Å². The number of benzene rings is 1. The van der Waals surface area contributed by atoms with E-state index in [0.717, 1.165) is 17.8 Å². The summed E-state index contributed by atoms with van der Waals surface area (Å²) in [4.78, 5) is 41.9. The molecule has 8 heteroatoms. The predicted octanol–water partition coefficient (Wildman–Crippen LogP) is 1.69. The highest BCUT2D eigenvalue weighted by atomic mass is 16.5. The van der Waals surface area contributed by atoms with Crippen LogP contribution in [0.15, 0.2) is 24.3 Å². The van der Waals surface area contributed by atoms with E-state index in [1.807, 2.05) is 36.1 Å². The van der Waals surface area contributed by atoms with Crippen molar-refractivity contribution in [1.82, 2.24) is 9.80 Å². The van der Waals surface area contributed by atoms with Crippen LogP contribution in [0.2, 0.25) is 0 Å². The van der Waals surface area contributed by atoms with Gasteiger partial charge in [-0.25, -0.2) is 0 Å². The molecule has 3 heterocycles. The van der Waals surface area contributed by atoms with Crippen LogP contribution in [0.5, 0.6) is 0 Å². The van der Waals surface area contributed by atoms with Crippen molar-refractivity contribution in [3.8, 4) is 0 Å². The van der Waals surface area contributed by atoms with Gasteiger partial charge in [0.15, 0.2) is 0 Å². The summed E-state index contributed by atoms with van der Waals surface area (Å²) in [6.07, 6.45) is 2.38. The summed E-state index contributed by atoms with van der Waals surface area (Å²) in [5, 5.41) is 6.42. The van der Waals surface area contributed by atoms with E-state index in [2.05, 4.69) is 10.6 Å². The molecule has 3 aliphatic rings. The number of anilines is 2. The first-order chi connectivity index (χ1) is 14.5. The normalized spacial score (nSPS) is 23.2. The number of rotatable bonds is 3. The van der Waals surface area contributed by atoms with Gasteiger partial charge in [0.05, 0.1) is 30.5 Å². The summed E-state index contributed by atoms with van der Waals surface area (Å²) < 4.78 is 5.63. The van der Waals surface area contributed by atoms with Crippen molar-refractivity contribution in [2.24, 2.45) is 5.92 Å². The Morgan fingerprint density at radius 2 is 1.87 bits per heavy atom. The first-order valence-corrected chi connectivity index (χ1v) is 10.9. The van der Waals surface area contributed by atoms with Crippen LogP contribution >= 0.6 is 0 Å². The second kappa shape index (κ2) is 8.63. The van der Waals surface area contributed by atoms with Crippen LogP contribution in [0.3, 0.4) is 0 Å². The van der Waals surface area contributed by atoms with E-state index in [4.69, 9.17) is 4.74 Å². The number of nitrogens with one attached hydrogen (secondary N) is 2. The molecule has 1 spiro atoms. The van der Waals surface area contributed by atoms with Crippen LogP contribution in [-0.4, -0.2) is 72.5 Å². The van der Waals surface area contributed by atoms with Gasteiger partial charge in [-0.3, -0.25) is 14.4 Å². The maximum absolute atomic E-state index is 13.2. The number of carbonyl (C=O) groups is 3. The van der Waals surface area contributed by atoms with Crippen molar-refractivity contribution >= 4 is 29.1 Å². The molecule has 4 rings (SSSR count). The van der Waals surface area contributed by atoms with Crippen molar-refractivity contribution in [1.29, 1.82) is 0 Å². The number of fused-ring (bicyclic) bond motifs is 1. The molecule has 2 fully saturated rings. The first kappa shape index (κ1) is 20.7. The molecule has 0 bridgehead atoms. The average Bonchev–Trinajstić information content (AvgIpc) is 3.01. The maximum Gasteiger partial charge on any atom is 0.250 e. The van der Waals surface area contributed by atoms with Gasteiger partial charge in [0.2, 0.25) is 17.7 Å². The van der Waals surface area contributed by atoms with Gasteiger partial charge in [-0.2, -0.15) is 0 Å². The molecule has 3 aliphatic heterocycles. The standard InChI is InChI=1S/C22H30N4O4/c1-2-5-19(27)26-12-13-30-15-16(14-26)20(28)25-10-8-22(9-11-25)21(29)23-17-6-3-4-7-18(17)24-22/h3-4,6-7,16,24H,2,5,8-15H2,1H3,(H,23,29). The lowest BCUT2D eigenvalue weighted by atomic mass is 9.84. The molecular formula is C22H30N4O4. The van der Waals surface area contributed by atoms with E-state index in [0.29, 0.717) is 58.7 Å². The molecule has 2 N–H and O–H groups in total. The van der Waals surface area contributed by atoms with Gasteiger partial charge in [-0.15, -0.1) is 0 Å². The minimum Gasteiger partial charge on any atom is -0.379 e. The molecule has 1 unspecified atom stereocenters. The highest BCUT2D eigenvalue weighted by Crippen LogP contribution is 2.36. The van der Waals surface area contributed by atoms with Gasteiger partial charge < -0.3 is 25.2 Å². The van der Waals surface area contributed by atoms with Crippen LogP contribution in [-0.2, 0) is 19.1 Å². The van der Waals surface area contributed by atoms with Crippen LogP contribution in [0, 0.1) is 5.92 Å². The minimum atomic E-state index is -0.686. The summed E-state index contributed by atoms with van der Waals surface area (Å²) in [6, 6.07) is 7.67. The molecule has 3 amide bonds. The Bertz CT molecular complexity index is 819. The number of likely N-dealkylation sites (tertiary alicyclic amines) is 1. The van der Waals surface area contributed by atoms with Gasteiger partial charge in [0, 0.05) is 32.6 Å². The number of nitrogens with zero attached hydrogens (tertiary/aromatic N) is 2. The van der Waals surface area contributed by atoms with E-state index >= 15 is 0 Å². The van der Waals surface area contributed by atoms with Crippen molar-refractivity contribution in [3.05, 3.63) is 24.3 Å². The average molecular weight is 415 g/mol. The molecule has 30 heavy (non-hydrogen) atoms. The molecule has 1 aromatic carbocycles. The summed E-state index contributed by atoms with van der Waals surface area (Å²) in [6.45, 7) is 4.73. The lowest BCUT2D eigenvalue weighted by molar-refractivity contribution is -0.141. The van der Waals surface area contributed by atoms with Crippen molar-refractivity contribution < 1.29 is 19.1 Å². The Kier molecular flexibility index (Phi) is 5.94. The summed E-state index contributed by atoms with van der Waals surface area (Å²) >= 11 is 0. The Balaban J connectivity index is 1.39. The second-order valence-corrected chi connectivity index (χ2v) is 8.39. The zero-order chi connectivity index (χ0) is 21.1. The first-order valence-electron chi connectivity index (χ1n) is 10.9. The Morgan fingerprint density at radius 1 is 1.13 bits per heavy atom. The minimum absolute atomic E-state index is 0.0117. The number of hydrogen-bond acceptors (Lipinski definition) is 5. The summed E-state index contributed by atoms with van der Waals surface area (Å²) in [7, 11) is 0. The SMILES string of the molecule is CCCC(=O)N1CCOCC(C(=O)N2CCC3(CC2)Nc2ccccc2NC3=O)C1. The lowest BCUT2D eigenvalue weighted by Gasteiger charge is -2.44. The summed E-state index contributed by atoms with van der Waals surface area (Å²) in [5.74, 6) is -0.295. The predicted molar refractivity (Wildman–Crippen MR) is 113 cm³/mol. The third-order valence-corrected chi connectivity index (χ3v) is 6.34. The van der Waals surface area contributed by atoms with Crippen molar-refractivity contribution in [2.45, 2.75) is 38.1 Å². The smallest absolute Gasteiger partial charge is 0.250 e. The number of ether oxygens (including phenoxy) is 1. The van der Waals surface area contributed by atoms with E-state index < -0.39 is 5.54 Å². The highest BCUT2D eigenvalue weighted by Gasteiger charge is 2.45. The molecule has 8 nitrogen and oxygen atoms in total. The van der Waals surface area contributed by atoms with Crippen molar-refractivity contribution in [2.75, 3.05) is 50.0 Å². The van der Waals surface area contributed by atoms with E-state index in [1.54, 1.807) is 4.90 Å². The number of piperidine rings is 1. The zero-order valence-corrected chi connectivity index (χ0v) is 17.5. The third-order valence-electron chi connectivity index (χ3n) is 6.34. The second-order valence-electron chi connectivity index (χ2n) is 8.39. The number of para-hydroxylation sites is 2. The van der Waals surface area contributed by atoms with E-state index in [-0.39, 0.29) is 23.6 Å². The van der Waals surface area contributed by atoms with Gasteiger partial charge in [-0.05, 0) is 31.4 Å². The number of hydrogen-bond donors (Lipinski definition) is 2. The molecule has 0 aromatic heterocycles. The molecule has 0 aliphatic carbocycles. The largest absolute Gasteiger partial charge is 0.379 e. The zero-order valence-electron chi connectivity index (χ0n) is 17.5. The Morgan fingerprint density at radius 3 is 2.60 bits per heavy atom. The van der Waals surface area contributed by atoms with Crippen LogP contribution in [0.4, 0.5) is 11.4 Å². The number of amides is 3. The molecular weight excluding hydrogens is 384 g/mol. The monoisotopic (exact) mass is 414 g/mol. The third kappa shape index (κ3) is 4.01. The maximum atomic E-state index is 13.2. The fourth-order valence-corrected chi connectivity index (χ4v) is 4.53. The van der Waals surface area contributed by atoms with E-state index in [9.17, 15) is 14.4 Å². The summed E-state index contributed by atoms with van der Waals surface area (Å²) in [5.41, 5.74) is 1.02. The van der Waals surface area contributed by atoms with E-state index in [1.165, 1.54) is 0 Å². The Labute approximate surface area is 176 Å². The van der Waals surface area contributed by atoms with Crippen LogP contribution < -0.4 is 10.6 Å². The Hall–Kier alpha value is -2.61. The highest BCUT2D eigenvalue weighted by molar-refractivity contribution is 6.06. The fourth-order valence-electron chi connectivity index (χ4n) is 4.53. The van der Waals surface area contributed by atoms with Gasteiger partial charge in [0.1, 0.15) is 5.54 Å². The van der Waals surface area contributed by atoms with Crippen LogP contribution in [0.25, 0.3) is 0 Å². The fraction of sp³-hybridized carbons (Fsp3) is 0.591. The van der Waals surface area contributed by atoms with Crippen LogP contribution in [0.1, 0.15) is 32.6 Å².